The van der Waals surface area contributed by atoms with Crippen LogP contribution in [0, 0.1) is 5.92 Å². The molecule has 10 nitrogen and oxygen atoms in total. The largest absolute Gasteiger partial charge is 0.441 e. The van der Waals surface area contributed by atoms with Crippen LogP contribution in [0.25, 0.3) is 0 Å². The van der Waals surface area contributed by atoms with Gasteiger partial charge in [-0.05, 0) is 43.2 Å². The molecule has 2 N–H and O–H groups in total. The zero-order valence-corrected chi connectivity index (χ0v) is 22.5. The number of fused-ring (bicyclic) bond motifs is 1. The second-order valence-electron chi connectivity index (χ2n) is 10.5. The first-order valence-corrected chi connectivity index (χ1v) is 13.5. The van der Waals surface area contributed by atoms with Crippen molar-refractivity contribution >= 4 is 40.8 Å². The molecule has 0 aromatic heterocycles. The number of esters is 1. The minimum Gasteiger partial charge on any atom is -0.441 e. The molecule has 210 valence electrons. The molecule has 0 radical (unpaired) electrons. The van der Waals surface area contributed by atoms with Crippen LogP contribution in [0.1, 0.15) is 45.1 Å². The summed E-state index contributed by atoms with van der Waals surface area (Å²) in [5.74, 6) is -2.17. The van der Waals surface area contributed by atoms with Crippen molar-refractivity contribution in [3.8, 4) is 0 Å². The second-order valence-corrected chi connectivity index (χ2v) is 10.5. The van der Waals surface area contributed by atoms with Gasteiger partial charge in [-0.2, -0.15) is 0 Å². The average Bonchev–Trinajstić information content (AvgIpc) is 3.50. The van der Waals surface area contributed by atoms with Crippen LogP contribution < -0.4 is 9.80 Å². The molecule has 2 aromatic rings. The molecule has 2 saturated heterocycles. The molecule has 1 unspecified atom stereocenters. The van der Waals surface area contributed by atoms with Crippen molar-refractivity contribution in [2.45, 2.75) is 57.4 Å². The van der Waals surface area contributed by atoms with E-state index < -0.39 is 29.6 Å². The number of rotatable bonds is 8. The smallest absolute Gasteiger partial charge is 0.304 e. The summed E-state index contributed by atoms with van der Waals surface area (Å²) in [6.07, 6.45) is 4.29. The van der Waals surface area contributed by atoms with Crippen LogP contribution in [0.15, 0.2) is 60.7 Å². The van der Waals surface area contributed by atoms with E-state index in [1.54, 1.807) is 66.4 Å². The summed E-state index contributed by atoms with van der Waals surface area (Å²) in [6.45, 7) is 3.49. The number of likely N-dealkylation sites (tertiary alicyclic amines) is 1. The molecule has 2 fully saturated rings. The van der Waals surface area contributed by atoms with Gasteiger partial charge >= 0.3 is 5.97 Å². The lowest BCUT2D eigenvalue weighted by molar-refractivity contribution is -0.154. The Morgan fingerprint density at radius 3 is 2.58 bits per heavy atom. The molecule has 3 heterocycles. The first-order valence-electron chi connectivity index (χ1n) is 13.5. The number of carbonyl (C=O) groups is 4. The maximum absolute atomic E-state index is 13.9. The minimum atomic E-state index is -1.99. The minimum absolute atomic E-state index is 0.0529. The predicted octanol–water partition coefficient (Wildman–Crippen LogP) is 2.74. The third-order valence-corrected chi connectivity index (χ3v) is 7.95. The van der Waals surface area contributed by atoms with Crippen LogP contribution in [-0.2, 0) is 29.5 Å². The highest BCUT2D eigenvalue weighted by atomic mass is 16.6. The summed E-state index contributed by atoms with van der Waals surface area (Å²) in [6, 6.07) is 13.7. The van der Waals surface area contributed by atoms with Crippen LogP contribution in [-0.4, -0.2) is 64.2 Å². The van der Waals surface area contributed by atoms with Gasteiger partial charge < -0.3 is 19.8 Å². The fourth-order valence-electron chi connectivity index (χ4n) is 5.81. The van der Waals surface area contributed by atoms with Crippen LogP contribution in [0.5, 0.6) is 0 Å². The summed E-state index contributed by atoms with van der Waals surface area (Å²) in [5, 5.41) is 21.6. The number of hydrogen-bond donors (Lipinski definition) is 2. The Bertz CT molecular complexity index is 1360. The molecule has 4 atom stereocenters. The monoisotopic (exact) mass is 547 g/mol. The highest BCUT2D eigenvalue weighted by molar-refractivity contribution is 6.13. The Morgan fingerprint density at radius 2 is 1.90 bits per heavy atom. The Hall–Kier alpha value is -4.02. The third kappa shape index (κ3) is 4.67. The average molecular weight is 548 g/mol. The number of hydrogen-bond acceptors (Lipinski definition) is 7. The first-order chi connectivity index (χ1) is 19.2. The van der Waals surface area contributed by atoms with Gasteiger partial charge in [-0.25, -0.2) is 0 Å². The molecule has 3 aliphatic rings. The summed E-state index contributed by atoms with van der Waals surface area (Å²) >= 11 is 0. The highest BCUT2D eigenvalue weighted by Gasteiger charge is 2.54. The highest BCUT2D eigenvalue weighted by Crippen LogP contribution is 2.50. The number of nitrogens with zero attached hydrogens (tertiary/aromatic N) is 3. The fourth-order valence-corrected chi connectivity index (χ4v) is 5.81. The Labute approximate surface area is 232 Å². The lowest BCUT2D eigenvalue weighted by atomic mass is 9.82. The molecular weight excluding hydrogens is 514 g/mol. The van der Waals surface area contributed by atoms with Crippen molar-refractivity contribution in [3.05, 3.63) is 66.2 Å². The second kappa shape index (κ2) is 10.9. The van der Waals surface area contributed by atoms with E-state index in [9.17, 15) is 29.4 Å². The topological polar surface area (TPSA) is 128 Å². The summed E-state index contributed by atoms with van der Waals surface area (Å²) in [7, 11) is 0. The molecule has 2 aromatic carbocycles. The summed E-state index contributed by atoms with van der Waals surface area (Å²) < 4.78 is 5.25. The number of aliphatic hydroxyl groups excluding tert-OH is 1. The number of para-hydroxylation sites is 1. The first kappa shape index (κ1) is 27.5. The SMILES string of the molecule is CC(=O)OC1CC(=O)N1c1ccc2c(c1)[C@](O)([C@@H](C)/C=C/CC(=O)N1CCC[C@H]1CO)C(=O)N2c1ccccc1. The molecule has 0 aliphatic carbocycles. The van der Waals surface area contributed by atoms with Gasteiger partial charge in [0.25, 0.3) is 5.91 Å². The fraction of sp³-hybridized carbons (Fsp3) is 0.400. The van der Waals surface area contributed by atoms with Crippen LogP contribution >= 0.6 is 0 Å². The van der Waals surface area contributed by atoms with Crippen molar-refractivity contribution in [1.82, 2.24) is 4.90 Å². The van der Waals surface area contributed by atoms with E-state index >= 15 is 0 Å². The van der Waals surface area contributed by atoms with Gasteiger partial charge in [0.15, 0.2) is 11.8 Å². The summed E-state index contributed by atoms with van der Waals surface area (Å²) in [4.78, 5) is 55.1. The molecule has 40 heavy (non-hydrogen) atoms. The predicted molar refractivity (Wildman–Crippen MR) is 146 cm³/mol. The zero-order chi connectivity index (χ0) is 28.6. The van der Waals surface area contributed by atoms with Crippen LogP contribution in [0.2, 0.25) is 0 Å². The van der Waals surface area contributed by atoms with E-state index in [1.165, 1.54) is 16.7 Å². The molecule has 0 spiro atoms. The van der Waals surface area contributed by atoms with E-state index in [0.29, 0.717) is 29.2 Å². The van der Waals surface area contributed by atoms with Gasteiger partial charge in [0, 0.05) is 42.7 Å². The van der Waals surface area contributed by atoms with Gasteiger partial charge in [-0.15, -0.1) is 0 Å². The Kier molecular flexibility index (Phi) is 7.48. The van der Waals surface area contributed by atoms with Gasteiger partial charge in [0.1, 0.15) is 0 Å². The lowest BCUT2D eigenvalue weighted by Crippen LogP contribution is -2.55. The standard InChI is InChI=1S/C30H33N3O7/c1-19(8-6-12-26(36)31-15-7-11-23(31)18-34)30(39)24-16-22(33-27(37)17-28(33)40-20(2)35)13-14-25(24)32(29(30)38)21-9-4-3-5-10-21/h3-6,8-10,13-14,16,19,23,28,34,39H,7,11-12,15,17-18H2,1-2H3/b8-6+/t19-,23-,28?,30+/m0/s1. The zero-order valence-electron chi connectivity index (χ0n) is 22.5. The van der Waals surface area contributed by atoms with Crippen molar-refractivity contribution in [2.75, 3.05) is 23.0 Å². The molecular formula is C30H33N3O7. The molecule has 5 rings (SSSR count). The van der Waals surface area contributed by atoms with Gasteiger partial charge in [0.05, 0.1) is 24.8 Å². The Morgan fingerprint density at radius 1 is 1.15 bits per heavy atom. The molecule has 3 amide bonds. The van der Waals surface area contributed by atoms with Crippen molar-refractivity contribution < 1.29 is 34.1 Å². The lowest BCUT2D eigenvalue weighted by Gasteiger charge is -2.39. The number of ether oxygens (including phenoxy) is 1. The molecule has 0 saturated carbocycles. The number of β-lactam (4-membered cyclic amide) rings is 1. The van der Waals surface area contributed by atoms with E-state index in [4.69, 9.17) is 4.74 Å². The van der Waals surface area contributed by atoms with E-state index in [1.807, 2.05) is 6.07 Å². The van der Waals surface area contributed by atoms with Gasteiger partial charge in [0.2, 0.25) is 11.8 Å². The maximum Gasteiger partial charge on any atom is 0.304 e. The molecule has 10 heteroatoms. The normalized spacial score (nSPS) is 24.9. The quantitative estimate of drug-likeness (QED) is 0.296. The van der Waals surface area contributed by atoms with Crippen molar-refractivity contribution in [2.24, 2.45) is 5.92 Å². The number of aliphatic hydroxyl groups is 2. The van der Waals surface area contributed by atoms with E-state index in [2.05, 4.69) is 0 Å². The Balaban J connectivity index is 1.47. The number of anilines is 3. The number of amides is 3. The molecule has 3 aliphatic heterocycles. The number of carbonyl (C=O) groups excluding carboxylic acids is 4. The van der Waals surface area contributed by atoms with Crippen LogP contribution in [0.4, 0.5) is 17.1 Å². The summed E-state index contributed by atoms with van der Waals surface area (Å²) in [5.41, 5.74) is -0.238. The van der Waals surface area contributed by atoms with E-state index in [-0.39, 0.29) is 37.3 Å². The third-order valence-electron chi connectivity index (χ3n) is 7.95. The van der Waals surface area contributed by atoms with Crippen LogP contribution in [0.3, 0.4) is 0 Å². The van der Waals surface area contributed by atoms with Crippen molar-refractivity contribution in [3.63, 3.8) is 0 Å². The van der Waals surface area contributed by atoms with E-state index in [0.717, 1.165) is 12.8 Å². The van der Waals surface area contributed by atoms with Gasteiger partial charge in [-0.3, -0.25) is 29.0 Å². The van der Waals surface area contributed by atoms with Crippen molar-refractivity contribution in [1.29, 1.82) is 0 Å². The maximum atomic E-state index is 13.9. The van der Waals surface area contributed by atoms with Gasteiger partial charge in [-0.1, -0.05) is 37.3 Å². The number of benzene rings is 2. The molecule has 0 bridgehead atoms.